The topological polar surface area (TPSA) is 87.5 Å². The van der Waals surface area contributed by atoms with Crippen LogP contribution in [0.2, 0.25) is 5.02 Å². The van der Waals surface area contributed by atoms with Crippen LogP contribution in [0.25, 0.3) is 0 Å². The van der Waals surface area contributed by atoms with Crippen LogP contribution in [0.5, 0.6) is 0 Å². The number of ketones is 1. The molecule has 2 aromatic carbocycles. The maximum Gasteiger partial charge on any atom is 0.299 e. The van der Waals surface area contributed by atoms with E-state index < -0.39 is 5.91 Å². The van der Waals surface area contributed by atoms with E-state index in [9.17, 15) is 9.59 Å². The highest BCUT2D eigenvalue weighted by atomic mass is 35.5. The standard InChI is InChI=1S/C24H23ClN4O3/c25-18-7-11-19(12-8-18)27-23(31)22-16-26-24(32-22)28-20-9-5-17(6-10-20)21(30)4-3-15-29-13-1-2-14-29/h3-12,16H,1-2,13-15H2,(H,26,28)(H,27,31)/b4-3+. The number of nitrogens with zero attached hydrogens (tertiary/aromatic N) is 2. The zero-order chi connectivity index (χ0) is 22.3. The summed E-state index contributed by atoms with van der Waals surface area (Å²) in [5.41, 5.74) is 1.89. The lowest BCUT2D eigenvalue weighted by molar-refractivity contribution is 0.0996. The summed E-state index contributed by atoms with van der Waals surface area (Å²) in [4.78, 5) is 31.0. The number of hydrogen-bond donors (Lipinski definition) is 2. The monoisotopic (exact) mass is 450 g/mol. The number of anilines is 3. The molecule has 1 fully saturated rings. The van der Waals surface area contributed by atoms with Gasteiger partial charge in [0.15, 0.2) is 5.78 Å². The molecule has 1 aromatic heterocycles. The Morgan fingerprint density at radius 3 is 2.44 bits per heavy atom. The van der Waals surface area contributed by atoms with Crippen LogP contribution in [0, 0.1) is 0 Å². The molecule has 0 aliphatic carbocycles. The second kappa shape index (κ2) is 10.3. The molecule has 0 saturated carbocycles. The fourth-order valence-electron chi connectivity index (χ4n) is 3.37. The Bertz CT molecular complexity index is 1100. The highest BCUT2D eigenvalue weighted by molar-refractivity contribution is 6.30. The normalized spacial score (nSPS) is 14.0. The SMILES string of the molecule is O=C(/C=C/CN1CCCC1)c1ccc(Nc2ncc(C(=O)Nc3ccc(Cl)cc3)o2)cc1. The third-order valence-corrected chi connectivity index (χ3v) is 5.34. The summed E-state index contributed by atoms with van der Waals surface area (Å²) in [6.07, 6.45) is 7.35. The van der Waals surface area contributed by atoms with Gasteiger partial charge in [-0.25, -0.2) is 4.98 Å². The van der Waals surface area contributed by atoms with Gasteiger partial charge in [-0.05, 0) is 80.5 Å². The van der Waals surface area contributed by atoms with E-state index in [2.05, 4.69) is 20.5 Å². The van der Waals surface area contributed by atoms with Gasteiger partial charge in [0.1, 0.15) is 0 Å². The molecule has 1 aliphatic rings. The number of allylic oxidation sites excluding steroid dienone is 1. The Morgan fingerprint density at radius 1 is 1.03 bits per heavy atom. The number of halogens is 1. The van der Waals surface area contributed by atoms with Crippen molar-refractivity contribution in [2.45, 2.75) is 12.8 Å². The van der Waals surface area contributed by atoms with E-state index in [0.717, 1.165) is 19.6 Å². The Balaban J connectivity index is 1.31. The fourth-order valence-corrected chi connectivity index (χ4v) is 3.50. The van der Waals surface area contributed by atoms with Gasteiger partial charge in [-0.15, -0.1) is 0 Å². The summed E-state index contributed by atoms with van der Waals surface area (Å²) in [6, 6.07) is 13.9. The largest absolute Gasteiger partial charge is 0.418 e. The molecule has 2 heterocycles. The van der Waals surface area contributed by atoms with E-state index in [1.807, 2.05) is 6.08 Å². The summed E-state index contributed by atoms with van der Waals surface area (Å²) in [5, 5.41) is 6.28. The van der Waals surface area contributed by atoms with Crippen molar-refractivity contribution in [2.75, 3.05) is 30.3 Å². The molecule has 2 N–H and O–H groups in total. The van der Waals surface area contributed by atoms with Gasteiger partial charge in [0, 0.05) is 28.5 Å². The molecule has 3 aromatic rings. The summed E-state index contributed by atoms with van der Waals surface area (Å²) in [5.74, 6) is -0.389. The predicted octanol–water partition coefficient (Wildman–Crippen LogP) is 5.16. The lowest BCUT2D eigenvalue weighted by Crippen LogP contribution is -2.18. The molecule has 1 amide bonds. The van der Waals surface area contributed by atoms with Crippen molar-refractivity contribution in [1.82, 2.24) is 9.88 Å². The molecule has 0 spiro atoms. The molecule has 32 heavy (non-hydrogen) atoms. The van der Waals surface area contributed by atoms with Crippen LogP contribution in [0.1, 0.15) is 33.8 Å². The van der Waals surface area contributed by atoms with E-state index in [4.69, 9.17) is 16.0 Å². The molecule has 0 atom stereocenters. The number of hydrogen-bond acceptors (Lipinski definition) is 6. The number of amides is 1. The molecule has 0 radical (unpaired) electrons. The van der Waals surface area contributed by atoms with E-state index in [-0.39, 0.29) is 17.6 Å². The maximum absolute atomic E-state index is 12.3. The van der Waals surface area contributed by atoms with Crippen molar-refractivity contribution in [3.63, 3.8) is 0 Å². The second-order valence-electron chi connectivity index (χ2n) is 7.47. The minimum Gasteiger partial charge on any atom is -0.418 e. The Labute approximate surface area is 191 Å². The molecular weight excluding hydrogens is 428 g/mol. The van der Waals surface area contributed by atoms with Gasteiger partial charge < -0.3 is 15.1 Å². The summed E-state index contributed by atoms with van der Waals surface area (Å²) < 4.78 is 5.48. The van der Waals surface area contributed by atoms with E-state index in [1.165, 1.54) is 19.0 Å². The number of likely N-dealkylation sites (tertiary alicyclic amines) is 1. The highest BCUT2D eigenvalue weighted by Gasteiger charge is 2.13. The number of aromatic nitrogens is 1. The fraction of sp³-hybridized carbons (Fsp3) is 0.208. The van der Waals surface area contributed by atoms with Crippen molar-refractivity contribution in [1.29, 1.82) is 0 Å². The van der Waals surface area contributed by atoms with Crippen molar-refractivity contribution < 1.29 is 14.0 Å². The number of carbonyl (C=O) groups is 2. The van der Waals surface area contributed by atoms with Crippen molar-refractivity contribution in [3.05, 3.63) is 83.2 Å². The van der Waals surface area contributed by atoms with Crippen LogP contribution in [0.3, 0.4) is 0 Å². The lowest BCUT2D eigenvalue weighted by atomic mass is 10.1. The Hall–Kier alpha value is -3.42. The van der Waals surface area contributed by atoms with Gasteiger partial charge in [0.05, 0.1) is 6.20 Å². The molecule has 0 bridgehead atoms. The van der Waals surface area contributed by atoms with Gasteiger partial charge in [-0.1, -0.05) is 17.7 Å². The molecule has 8 heteroatoms. The lowest BCUT2D eigenvalue weighted by Gasteiger charge is -2.10. The summed E-state index contributed by atoms with van der Waals surface area (Å²) in [7, 11) is 0. The molecular formula is C24H23ClN4O3. The van der Waals surface area contributed by atoms with Crippen molar-refractivity contribution in [3.8, 4) is 0 Å². The van der Waals surface area contributed by atoms with Crippen LogP contribution >= 0.6 is 11.6 Å². The molecule has 1 aliphatic heterocycles. The van der Waals surface area contributed by atoms with Crippen LogP contribution in [0.15, 0.2) is 71.3 Å². The number of benzene rings is 2. The average molecular weight is 451 g/mol. The van der Waals surface area contributed by atoms with Crippen molar-refractivity contribution in [2.24, 2.45) is 0 Å². The molecule has 164 valence electrons. The minimum absolute atomic E-state index is 0.0342. The first-order valence-corrected chi connectivity index (χ1v) is 10.8. The molecule has 0 unspecified atom stereocenters. The summed E-state index contributed by atoms with van der Waals surface area (Å²) >= 11 is 5.85. The van der Waals surface area contributed by atoms with Crippen LogP contribution in [-0.4, -0.2) is 41.2 Å². The van der Waals surface area contributed by atoms with Gasteiger partial charge in [0.2, 0.25) is 5.76 Å². The zero-order valence-electron chi connectivity index (χ0n) is 17.4. The second-order valence-corrected chi connectivity index (χ2v) is 7.90. The maximum atomic E-state index is 12.3. The van der Waals surface area contributed by atoms with Crippen LogP contribution < -0.4 is 10.6 Å². The Kier molecular flexibility index (Phi) is 6.99. The number of nitrogens with one attached hydrogen (secondary N) is 2. The van der Waals surface area contributed by atoms with Gasteiger partial charge in [0.25, 0.3) is 11.9 Å². The van der Waals surface area contributed by atoms with Gasteiger partial charge in [-0.2, -0.15) is 0 Å². The highest BCUT2D eigenvalue weighted by Crippen LogP contribution is 2.19. The molecule has 1 saturated heterocycles. The van der Waals surface area contributed by atoms with E-state index in [1.54, 1.807) is 54.6 Å². The quantitative estimate of drug-likeness (QED) is 0.364. The Morgan fingerprint density at radius 2 is 1.72 bits per heavy atom. The first-order valence-electron chi connectivity index (χ1n) is 10.4. The number of oxazole rings is 1. The van der Waals surface area contributed by atoms with E-state index >= 15 is 0 Å². The van der Waals surface area contributed by atoms with Gasteiger partial charge >= 0.3 is 0 Å². The van der Waals surface area contributed by atoms with Crippen LogP contribution in [0.4, 0.5) is 17.4 Å². The smallest absolute Gasteiger partial charge is 0.299 e. The molecule has 7 nitrogen and oxygen atoms in total. The first-order chi connectivity index (χ1) is 15.6. The summed E-state index contributed by atoms with van der Waals surface area (Å²) in [6.45, 7) is 3.01. The number of carbonyl (C=O) groups excluding carboxylic acids is 2. The minimum atomic E-state index is -0.422. The van der Waals surface area contributed by atoms with Crippen LogP contribution in [-0.2, 0) is 0 Å². The predicted molar refractivity (Wildman–Crippen MR) is 125 cm³/mol. The average Bonchev–Trinajstić information content (AvgIpc) is 3.48. The van der Waals surface area contributed by atoms with E-state index in [0.29, 0.717) is 22.0 Å². The first kappa shape index (κ1) is 21.8. The third-order valence-electron chi connectivity index (χ3n) is 5.08. The zero-order valence-corrected chi connectivity index (χ0v) is 18.1. The van der Waals surface area contributed by atoms with Gasteiger partial charge in [-0.3, -0.25) is 14.5 Å². The van der Waals surface area contributed by atoms with Crippen molar-refractivity contribution >= 4 is 40.7 Å². The number of rotatable bonds is 8. The molecule has 4 rings (SSSR count). The third kappa shape index (κ3) is 5.84.